The van der Waals surface area contributed by atoms with Crippen LogP contribution >= 0.6 is 0 Å². The summed E-state index contributed by atoms with van der Waals surface area (Å²) in [7, 11) is 0. The van der Waals surface area contributed by atoms with Gasteiger partial charge in [-0.05, 0) is 37.6 Å². The molecule has 4 heteroatoms. The summed E-state index contributed by atoms with van der Waals surface area (Å²) >= 11 is 0. The molecular weight excluding hydrogens is 207 g/mol. The molecule has 0 aromatic heterocycles. The lowest BCUT2D eigenvalue weighted by Crippen LogP contribution is -2.33. The number of nitrogen functional groups attached to an aromatic ring is 1. The molecule has 16 heavy (non-hydrogen) atoms. The highest BCUT2D eigenvalue weighted by Crippen LogP contribution is 2.16. The van der Waals surface area contributed by atoms with E-state index in [4.69, 9.17) is 10.8 Å². The number of aliphatic hydroxyl groups is 1. The lowest BCUT2D eigenvalue weighted by Gasteiger charge is -2.26. The van der Waals surface area contributed by atoms with E-state index in [2.05, 4.69) is 0 Å². The second-order valence-corrected chi connectivity index (χ2v) is 4.13. The fourth-order valence-electron chi connectivity index (χ4n) is 1.58. The first-order chi connectivity index (χ1) is 7.54. The highest BCUT2D eigenvalue weighted by Gasteiger charge is 2.11. The van der Waals surface area contributed by atoms with E-state index in [0.29, 0.717) is 18.8 Å². The largest absolute Gasteiger partial charge is 0.398 e. The zero-order valence-corrected chi connectivity index (χ0v) is 9.78. The molecule has 1 aromatic rings. The van der Waals surface area contributed by atoms with Crippen LogP contribution in [-0.2, 0) is 6.54 Å². The normalized spacial score (nSPS) is 11.4. The molecule has 0 saturated carbocycles. The van der Waals surface area contributed by atoms with Crippen LogP contribution in [0.2, 0.25) is 0 Å². The molecule has 0 fully saturated rings. The van der Waals surface area contributed by atoms with Crippen molar-refractivity contribution in [2.45, 2.75) is 26.4 Å². The summed E-state index contributed by atoms with van der Waals surface area (Å²) in [4.78, 5) is 2.05. The van der Waals surface area contributed by atoms with E-state index in [1.165, 1.54) is 12.1 Å². The predicted molar refractivity (Wildman–Crippen MR) is 63.4 cm³/mol. The molecule has 3 nitrogen and oxygen atoms in total. The molecule has 3 N–H and O–H groups in total. The van der Waals surface area contributed by atoms with Gasteiger partial charge in [0, 0.05) is 24.8 Å². The number of hydrogen-bond donors (Lipinski definition) is 2. The van der Waals surface area contributed by atoms with Gasteiger partial charge in [0.15, 0.2) is 0 Å². The second-order valence-electron chi connectivity index (χ2n) is 4.13. The van der Waals surface area contributed by atoms with Gasteiger partial charge < -0.3 is 10.8 Å². The molecule has 1 rings (SSSR count). The van der Waals surface area contributed by atoms with Crippen molar-refractivity contribution in [2.24, 2.45) is 0 Å². The van der Waals surface area contributed by atoms with E-state index in [-0.39, 0.29) is 18.5 Å². The standard InChI is InChI=1S/C12H19FN2O/c1-9(2)15(5-6-16)8-10-7-11(13)3-4-12(10)14/h3-4,7,9,16H,5-6,8,14H2,1-2H3. The Morgan fingerprint density at radius 3 is 2.69 bits per heavy atom. The minimum Gasteiger partial charge on any atom is -0.398 e. The highest BCUT2D eigenvalue weighted by atomic mass is 19.1. The van der Waals surface area contributed by atoms with Gasteiger partial charge >= 0.3 is 0 Å². The summed E-state index contributed by atoms with van der Waals surface area (Å²) in [5.74, 6) is -0.281. The number of anilines is 1. The maximum atomic E-state index is 13.1. The number of aliphatic hydroxyl groups excluding tert-OH is 1. The van der Waals surface area contributed by atoms with Crippen molar-refractivity contribution in [3.8, 4) is 0 Å². The van der Waals surface area contributed by atoms with Crippen molar-refractivity contribution >= 4 is 5.69 Å². The Morgan fingerprint density at radius 1 is 1.44 bits per heavy atom. The molecule has 0 saturated heterocycles. The molecule has 0 atom stereocenters. The summed E-state index contributed by atoms with van der Waals surface area (Å²) < 4.78 is 13.1. The van der Waals surface area contributed by atoms with Crippen LogP contribution < -0.4 is 5.73 Å². The Morgan fingerprint density at radius 2 is 2.12 bits per heavy atom. The molecule has 90 valence electrons. The minimum absolute atomic E-state index is 0.0907. The molecule has 0 radical (unpaired) electrons. The third-order valence-corrected chi connectivity index (χ3v) is 2.60. The van der Waals surface area contributed by atoms with E-state index in [9.17, 15) is 4.39 Å². The fourth-order valence-corrected chi connectivity index (χ4v) is 1.58. The van der Waals surface area contributed by atoms with Crippen LogP contribution in [0, 0.1) is 5.82 Å². The summed E-state index contributed by atoms with van der Waals surface area (Å²) in [6, 6.07) is 4.66. The molecule has 0 aliphatic rings. The van der Waals surface area contributed by atoms with Gasteiger partial charge in [-0.25, -0.2) is 4.39 Å². The first-order valence-electron chi connectivity index (χ1n) is 5.43. The van der Waals surface area contributed by atoms with E-state index < -0.39 is 0 Å². The summed E-state index contributed by atoms with van der Waals surface area (Å²) in [5, 5.41) is 8.94. The Kier molecular flexibility index (Phi) is 4.71. The Bertz CT molecular complexity index is 342. The van der Waals surface area contributed by atoms with Crippen LogP contribution in [0.1, 0.15) is 19.4 Å². The van der Waals surface area contributed by atoms with Gasteiger partial charge in [-0.15, -0.1) is 0 Å². The van der Waals surface area contributed by atoms with Crippen LogP contribution in [0.25, 0.3) is 0 Å². The van der Waals surface area contributed by atoms with Crippen molar-refractivity contribution in [3.05, 3.63) is 29.6 Å². The SMILES string of the molecule is CC(C)N(CCO)Cc1cc(F)ccc1N. The van der Waals surface area contributed by atoms with Crippen LogP contribution in [0.4, 0.5) is 10.1 Å². The molecule has 0 spiro atoms. The quantitative estimate of drug-likeness (QED) is 0.750. The first kappa shape index (κ1) is 12.9. The van der Waals surface area contributed by atoms with Crippen molar-refractivity contribution < 1.29 is 9.50 Å². The van der Waals surface area contributed by atoms with Gasteiger partial charge in [-0.1, -0.05) is 0 Å². The lowest BCUT2D eigenvalue weighted by molar-refractivity contribution is 0.159. The molecular formula is C12H19FN2O. The minimum atomic E-state index is -0.281. The van der Waals surface area contributed by atoms with Crippen molar-refractivity contribution in [1.29, 1.82) is 0 Å². The second kappa shape index (κ2) is 5.82. The van der Waals surface area contributed by atoms with Gasteiger partial charge in [0.05, 0.1) is 6.61 Å². The van der Waals surface area contributed by atoms with Gasteiger partial charge in [0.2, 0.25) is 0 Å². The van der Waals surface area contributed by atoms with Crippen molar-refractivity contribution in [3.63, 3.8) is 0 Å². The monoisotopic (exact) mass is 226 g/mol. The molecule has 0 bridgehead atoms. The summed E-state index contributed by atoms with van der Waals surface area (Å²) in [6.45, 7) is 5.28. The third-order valence-electron chi connectivity index (χ3n) is 2.60. The Labute approximate surface area is 95.7 Å². The Hall–Kier alpha value is -1.13. The van der Waals surface area contributed by atoms with Crippen LogP contribution in [0.3, 0.4) is 0 Å². The van der Waals surface area contributed by atoms with E-state index >= 15 is 0 Å². The van der Waals surface area contributed by atoms with Gasteiger partial charge in [-0.3, -0.25) is 4.90 Å². The molecule has 0 heterocycles. The van der Waals surface area contributed by atoms with Gasteiger partial charge in [-0.2, -0.15) is 0 Å². The summed E-state index contributed by atoms with van der Waals surface area (Å²) in [6.07, 6.45) is 0. The fraction of sp³-hybridized carbons (Fsp3) is 0.500. The molecule has 0 amide bonds. The predicted octanol–water partition coefficient (Wildman–Crippen LogP) is 1.61. The van der Waals surface area contributed by atoms with E-state index in [0.717, 1.165) is 5.56 Å². The third kappa shape index (κ3) is 3.47. The summed E-state index contributed by atoms with van der Waals surface area (Å²) in [5.41, 5.74) is 7.13. The zero-order valence-electron chi connectivity index (χ0n) is 9.78. The number of nitrogens with zero attached hydrogens (tertiary/aromatic N) is 1. The van der Waals surface area contributed by atoms with Gasteiger partial charge in [0.25, 0.3) is 0 Å². The number of nitrogens with two attached hydrogens (primary N) is 1. The smallest absolute Gasteiger partial charge is 0.123 e. The van der Waals surface area contributed by atoms with Crippen molar-refractivity contribution in [2.75, 3.05) is 18.9 Å². The average molecular weight is 226 g/mol. The maximum Gasteiger partial charge on any atom is 0.123 e. The Balaban J connectivity index is 2.80. The highest BCUT2D eigenvalue weighted by molar-refractivity contribution is 5.46. The van der Waals surface area contributed by atoms with Crippen LogP contribution in [0.5, 0.6) is 0 Å². The van der Waals surface area contributed by atoms with E-state index in [1.54, 1.807) is 6.07 Å². The molecule has 0 aliphatic carbocycles. The first-order valence-corrected chi connectivity index (χ1v) is 5.43. The average Bonchev–Trinajstić information content (AvgIpc) is 2.22. The van der Waals surface area contributed by atoms with Crippen LogP contribution in [-0.4, -0.2) is 29.2 Å². The maximum absolute atomic E-state index is 13.1. The number of hydrogen-bond acceptors (Lipinski definition) is 3. The van der Waals surface area contributed by atoms with E-state index in [1.807, 2.05) is 18.7 Å². The zero-order chi connectivity index (χ0) is 12.1. The molecule has 0 unspecified atom stereocenters. The number of rotatable bonds is 5. The molecule has 0 aliphatic heterocycles. The van der Waals surface area contributed by atoms with Crippen LogP contribution in [0.15, 0.2) is 18.2 Å². The van der Waals surface area contributed by atoms with Crippen molar-refractivity contribution in [1.82, 2.24) is 4.90 Å². The number of benzene rings is 1. The topological polar surface area (TPSA) is 49.5 Å². The molecule has 1 aromatic carbocycles. The van der Waals surface area contributed by atoms with Gasteiger partial charge in [0.1, 0.15) is 5.82 Å². The lowest BCUT2D eigenvalue weighted by atomic mass is 10.1. The number of halogens is 1.